The van der Waals surface area contributed by atoms with E-state index in [1.54, 1.807) is 7.11 Å². The number of nitrogens with one attached hydrogen (secondary N) is 1. The summed E-state index contributed by atoms with van der Waals surface area (Å²) in [6, 6.07) is 13.0. The standard InChI is InChI=1S/C20H17F3N2O3/c1-28-16-7-6-14-9-13(4-5-15(14)10-16)11-24-18(26)12-25-8-2-3-17(19(25)27)20(21,22)23/h2-10H,11-12H2,1H3,(H,24,26). The fourth-order valence-corrected chi connectivity index (χ4v) is 2.80. The minimum atomic E-state index is -4.76. The molecule has 0 aliphatic rings. The fraction of sp³-hybridized carbons (Fsp3) is 0.200. The molecule has 1 N–H and O–H groups in total. The summed E-state index contributed by atoms with van der Waals surface area (Å²) in [5, 5.41) is 4.55. The molecule has 1 amide bonds. The number of hydrogen-bond acceptors (Lipinski definition) is 3. The van der Waals surface area contributed by atoms with Crippen LogP contribution in [0.3, 0.4) is 0 Å². The molecule has 1 heterocycles. The Labute approximate surface area is 158 Å². The van der Waals surface area contributed by atoms with Crippen LogP contribution in [0.25, 0.3) is 10.8 Å². The third-order valence-electron chi connectivity index (χ3n) is 4.24. The van der Waals surface area contributed by atoms with Crippen LogP contribution in [-0.4, -0.2) is 17.6 Å². The average Bonchev–Trinajstić information content (AvgIpc) is 2.66. The molecule has 3 aromatic rings. The van der Waals surface area contributed by atoms with E-state index in [4.69, 9.17) is 4.74 Å². The Hall–Kier alpha value is -3.29. The predicted octanol–water partition coefficient (Wildman–Crippen LogP) is 3.35. The van der Waals surface area contributed by atoms with Crippen molar-refractivity contribution in [3.05, 3.63) is 76.2 Å². The monoisotopic (exact) mass is 390 g/mol. The van der Waals surface area contributed by atoms with Crippen LogP contribution in [0.1, 0.15) is 11.1 Å². The summed E-state index contributed by atoms with van der Waals surface area (Å²) in [5.74, 6) is 0.177. The molecule has 0 saturated carbocycles. The van der Waals surface area contributed by atoms with Crippen molar-refractivity contribution in [3.63, 3.8) is 0 Å². The number of alkyl halides is 3. The Bertz CT molecular complexity index is 1070. The van der Waals surface area contributed by atoms with E-state index in [1.165, 1.54) is 0 Å². The number of hydrogen-bond donors (Lipinski definition) is 1. The van der Waals surface area contributed by atoms with E-state index in [1.807, 2.05) is 36.4 Å². The normalized spacial score (nSPS) is 11.4. The maximum atomic E-state index is 12.8. The van der Waals surface area contributed by atoms with Gasteiger partial charge in [0.05, 0.1) is 7.11 Å². The second-order valence-corrected chi connectivity index (χ2v) is 6.18. The van der Waals surface area contributed by atoms with E-state index in [0.29, 0.717) is 6.07 Å². The summed E-state index contributed by atoms with van der Waals surface area (Å²) < 4.78 is 44.3. The van der Waals surface area contributed by atoms with E-state index in [2.05, 4.69) is 5.32 Å². The predicted molar refractivity (Wildman–Crippen MR) is 98.1 cm³/mol. The first-order chi connectivity index (χ1) is 13.3. The quantitative estimate of drug-likeness (QED) is 0.727. The number of fused-ring (bicyclic) bond motifs is 1. The number of ether oxygens (including phenoxy) is 1. The minimum absolute atomic E-state index is 0.189. The highest BCUT2D eigenvalue weighted by molar-refractivity contribution is 5.84. The van der Waals surface area contributed by atoms with Gasteiger partial charge in [-0.15, -0.1) is 0 Å². The number of rotatable bonds is 5. The molecule has 3 rings (SSSR count). The van der Waals surface area contributed by atoms with E-state index in [-0.39, 0.29) is 6.54 Å². The number of pyridine rings is 1. The maximum absolute atomic E-state index is 12.8. The van der Waals surface area contributed by atoms with Gasteiger partial charge in [0.25, 0.3) is 5.56 Å². The second-order valence-electron chi connectivity index (χ2n) is 6.18. The van der Waals surface area contributed by atoms with Gasteiger partial charge in [-0.3, -0.25) is 9.59 Å². The van der Waals surface area contributed by atoms with Crippen LogP contribution in [-0.2, 0) is 24.1 Å². The van der Waals surface area contributed by atoms with Crippen molar-refractivity contribution in [2.45, 2.75) is 19.3 Å². The molecule has 5 nitrogen and oxygen atoms in total. The molecular weight excluding hydrogens is 373 g/mol. The summed E-state index contributed by atoms with van der Waals surface area (Å²) in [6.07, 6.45) is -3.61. The van der Waals surface area contributed by atoms with Crippen LogP contribution in [0.15, 0.2) is 59.5 Å². The van der Waals surface area contributed by atoms with Crippen molar-refractivity contribution in [2.24, 2.45) is 0 Å². The van der Waals surface area contributed by atoms with Gasteiger partial charge in [-0.1, -0.05) is 18.2 Å². The molecular formula is C20H17F3N2O3. The molecule has 2 aromatic carbocycles. The Morgan fingerprint density at radius 3 is 2.54 bits per heavy atom. The Kier molecular flexibility index (Phi) is 5.39. The number of carbonyl (C=O) groups excluding carboxylic acids is 1. The lowest BCUT2D eigenvalue weighted by Gasteiger charge is -2.11. The number of methoxy groups -OCH3 is 1. The molecule has 0 aliphatic carbocycles. The maximum Gasteiger partial charge on any atom is 0.421 e. The lowest BCUT2D eigenvalue weighted by molar-refractivity contribution is -0.139. The molecule has 146 valence electrons. The van der Waals surface area contributed by atoms with Gasteiger partial charge in [0.15, 0.2) is 0 Å². The highest BCUT2D eigenvalue weighted by Crippen LogP contribution is 2.26. The molecule has 1 aromatic heterocycles. The largest absolute Gasteiger partial charge is 0.497 e. The van der Waals surface area contributed by atoms with E-state index in [0.717, 1.165) is 38.9 Å². The second kappa shape index (κ2) is 7.75. The van der Waals surface area contributed by atoms with Crippen molar-refractivity contribution < 1.29 is 22.7 Å². The topological polar surface area (TPSA) is 60.3 Å². The summed E-state index contributed by atoms with van der Waals surface area (Å²) in [6.45, 7) is -0.304. The van der Waals surface area contributed by atoms with Gasteiger partial charge in [0, 0.05) is 12.7 Å². The number of aromatic nitrogens is 1. The lowest BCUT2D eigenvalue weighted by Crippen LogP contribution is -2.34. The van der Waals surface area contributed by atoms with Crippen molar-refractivity contribution >= 4 is 16.7 Å². The highest BCUT2D eigenvalue weighted by atomic mass is 19.4. The third kappa shape index (κ3) is 4.33. The fourth-order valence-electron chi connectivity index (χ4n) is 2.80. The Morgan fingerprint density at radius 2 is 1.82 bits per heavy atom. The first-order valence-electron chi connectivity index (χ1n) is 8.38. The number of benzene rings is 2. The Morgan fingerprint density at radius 1 is 1.11 bits per heavy atom. The zero-order valence-electron chi connectivity index (χ0n) is 14.9. The zero-order chi connectivity index (χ0) is 20.3. The lowest BCUT2D eigenvalue weighted by atomic mass is 10.1. The van der Waals surface area contributed by atoms with Crippen LogP contribution < -0.4 is 15.6 Å². The van der Waals surface area contributed by atoms with Gasteiger partial charge < -0.3 is 14.6 Å². The van der Waals surface area contributed by atoms with Crippen LogP contribution in [0.5, 0.6) is 5.75 Å². The van der Waals surface area contributed by atoms with Crippen molar-refractivity contribution in [2.75, 3.05) is 7.11 Å². The van der Waals surface area contributed by atoms with Crippen molar-refractivity contribution in [1.29, 1.82) is 0 Å². The van der Waals surface area contributed by atoms with Gasteiger partial charge in [-0.2, -0.15) is 13.2 Å². The molecule has 0 saturated heterocycles. The Balaban J connectivity index is 1.68. The number of amides is 1. The van der Waals surface area contributed by atoms with Crippen molar-refractivity contribution in [3.8, 4) is 5.75 Å². The number of halogens is 3. The smallest absolute Gasteiger partial charge is 0.421 e. The van der Waals surface area contributed by atoms with E-state index < -0.39 is 29.8 Å². The van der Waals surface area contributed by atoms with Gasteiger partial charge in [0.1, 0.15) is 17.9 Å². The first-order valence-corrected chi connectivity index (χ1v) is 8.38. The van der Waals surface area contributed by atoms with Gasteiger partial charge in [-0.25, -0.2) is 0 Å². The molecule has 0 fully saturated rings. The zero-order valence-corrected chi connectivity index (χ0v) is 14.9. The van der Waals surface area contributed by atoms with E-state index >= 15 is 0 Å². The van der Waals surface area contributed by atoms with E-state index in [9.17, 15) is 22.8 Å². The van der Waals surface area contributed by atoms with Crippen molar-refractivity contribution in [1.82, 2.24) is 9.88 Å². The molecule has 0 aliphatic heterocycles. The molecule has 8 heteroatoms. The highest BCUT2D eigenvalue weighted by Gasteiger charge is 2.34. The molecule has 28 heavy (non-hydrogen) atoms. The SMILES string of the molecule is COc1ccc2cc(CNC(=O)Cn3cccc(C(F)(F)F)c3=O)ccc2c1. The molecule has 0 atom stereocenters. The third-order valence-corrected chi connectivity index (χ3v) is 4.24. The number of nitrogens with zero attached hydrogens (tertiary/aromatic N) is 1. The van der Waals surface area contributed by atoms with Crippen LogP contribution >= 0.6 is 0 Å². The number of carbonyl (C=O) groups is 1. The summed E-state index contributed by atoms with van der Waals surface area (Å²) in [7, 11) is 1.58. The molecule has 0 spiro atoms. The molecule has 0 radical (unpaired) electrons. The minimum Gasteiger partial charge on any atom is -0.497 e. The van der Waals surface area contributed by atoms with Crippen LogP contribution in [0, 0.1) is 0 Å². The van der Waals surface area contributed by atoms with Crippen LogP contribution in [0.4, 0.5) is 13.2 Å². The average molecular weight is 390 g/mol. The molecule has 0 bridgehead atoms. The van der Waals surface area contributed by atoms with Gasteiger partial charge in [0.2, 0.25) is 5.91 Å². The van der Waals surface area contributed by atoms with Crippen LogP contribution in [0.2, 0.25) is 0 Å². The summed E-state index contributed by atoms with van der Waals surface area (Å²) >= 11 is 0. The summed E-state index contributed by atoms with van der Waals surface area (Å²) in [4.78, 5) is 24.0. The van der Waals surface area contributed by atoms with Gasteiger partial charge >= 0.3 is 6.18 Å². The molecule has 0 unspecified atom stereocenters. The first kappa shape index (κ1) is 19.5. The van der Waals surface area contributed by atoms with Gasteiger partial charge in [-0.05, 0) is 46.7 Å². The summed E-state index contributed by atoms with van der Waals surface area (Å²) in [5.41, 5.74) is -1.72.